The largest absolute Gasteiger partial charge is 0.499 e. The first-order valence-electron chi connectivity index (χ1n) is 7.01. The van der Waals surface area contributed by atoms with Gasteiger partial charge in [0.2, 0.25) is 18.0 Å². The zero-order valence-corrected chi connectivity index (χ0v) is 12.5. The van der Waals surface area contributed by atoms with Gasteiger partial charge in [-0.05, 0) is 5.92 Å². The van der Waals surface area contributed by atoms with E-state index in [1.807, 2.05) is 13.8 Å². The van der Waals surface area contributed by atoms with E-state index < -0.39 is 24.2 Å². The summed E-state index contributed by atoms with van der Waals surface area (Å²) in [6.45, 7) is 3.54. The Labute approximate surface area is 127 Å². The third kappa shape index (κ3) is 3.69. The van der Waals surface area contributed by atoms with Crippen molar-refractivity contribution in [1.82, 2.24) is 4.98 Å². The predicted molar refractivity (Wildman–Crippen MR) is 75.6 cm³/mol. The summed E-state index contributed by atoms with van der Waals surface area (Å²) < 4.78 is 11.8. The number of carbonyl (C=O) groups excluding carboxylic acids is 1. The highest BCUT2D eigenvalue weighted by atomic mass is 16.7. The van der Waals surface area contributed by atoms with Crippen molar-refractivity contribution in [3.63, 3.8) is 0 Å². The molecule has 1 aliphatic rings. The molecular formula is C13H21N4O5+. The van der Waals surface area contributed by atoms with Crippen LogP contribution in [0.1, 0.15) is 20.1 Å². The van der Waals surface area contributed by atoms with Crippen LogP contribution in [0.3, 0.4) is 0 Å². The van der Waals surface area contributed by atoms with E-state index in [0.717, 1.165) is 0 Å². The minimum Gasteiger partial charge on any atom is -0.391 e. The SMILES string of the molecule is CC(C)[C@H](N)C(=O)Nc1cc[n+]([C@@H]2CO[C@H](CO)O2)c(=O)[nH]1. The van der Waals surface area contributed by atoms with Gasteiger partial charge in [0.15, 0.2) is 6.29 Å². The third-order valence-corrected chi connectivity index (χ3v) is 3.35. The van der Waals surface area contributed by atoms with Gasteiger partial charge in [-0.2, -0.15) is 14.3 Å². The number of carbonyl (C=O) groups is 1. The molecule has 2 heterocycles. The van der Waals surface area contributed by atoms with Gasteiger partial charge in [-0.3, -0.25) is 10.1 Å². The standard InChI is InChI=1S/C13H20N4O5/c1-7(2)11(14)12(19)15-8-3-4-17(13(20)16-8)9-6-21-10(5-18)22-9/h3-4,7,9-11,18H,5-6,14H2,1-2H3,(H,15,16,19,20)/p+1/t9-,10-,11-/m0/s1. The molecule has 1 saturated heterocycles. The van der Waals surface area contributed by atoms with Crippen LogP contribution in [-0.4, -0.2) is 41.5 Å². The Bertz CT molecular complexity index is 588. The number of aliphatic hydroxyl groups excluding tert-OH is 1. The fourth-order valence-electron chi connectivity index (χ4n) is 1.95. The van der Waals surface area contributed by atoms with Crippen LogP contribution in [0.15, 0.2) is 17.1 Å². The molecule has 22 heavy (non-hydrogen) atoms. The van der Waals surface area contributed by atoms with Crippen molar-refractivity contribution in [3.05, 3.63) is 22.7 Å². The molecule has 3 atom stereocenters. The molecule has 0 bridgehead atoms. The predicted octanol–water partition coefficient (Wildman–Crippen LogP) is -1.55. The first kappa shape index (κ1) is 16.6. The van der Waals surface area contributed by atoms with Gasteiger partial charge in [-0.1, -0.05) is 13.8 Å². The van der Waals surface area contributed by atoms with E-state index in [2.05, 4.69) is 10.3 Å². The number of nitrogens with two attached hydrogens (primary N) is 1. The van der Waals surface area contributed by atoms with Crippen molar-refractivity contribution in [1.29, 1.82) is 0 Å². The number of hydrogen-bond acceptors (Lipinski definition) is 6. The van der Waals surface area contributed by atoms with Gasteiger partial charge in [0.25, 0.3) is 0 Å². The van der Waals surface area contributed by atoms with Gasteiger partial charge >= 0.3 is 5.69 Å². The minimum absolute atomic E-state index is 0.0141. The summed E-state index contributed by atoms with van der Waals surface area (Å²) in [7, 11) is 0. The number of nitrogens with one attached hydrogen (secondary N) is 2. The number of H-pyrrole nitrogens is 1. The summed E-state index contributed by atoms with van der Waals surface area (Å²) >= 11 is 0. The molecule has 0 radical (unpaired) electrons. The number of ether oxygens (including phenoxy) is 2. The molecule has 1 aromatic rings. The summed E-state index contributed by atoms with van der Waals surface area (Å²) in [6.07, 6.45) is 0.118. The van der Waals surface area contributed by atoms with E-state index in [-0.39, 0.29) is 30.9 Å². The topological polar surface area (TPSA) is 131 Å². The lowest BCUT2D eigenvalue weighted by molar-refractivity contribution is -0.771. The van der Waals surface area contributed by atoms with E-state index in [0.29, 0.717) is 0 Å². The highest BCUT2D eigenvalue weighted by Crippen LogP contribution is 2.14. The lowest BCUT2D eigenvalue weighted by atomic mass is 10.1. The average Bonchev–Trinajstić information content (AvgIpc) is 2.95. The van der Waals surface area contributed by atoms with E-state index in [1.54, 1.807) is 0 Å². The van der Waals surface area contributed by atoms with E-state index >= 15 is 0 Å². The zero-order valence-electron chi connectivity index (χ0n) is 12.5. The lowest BCUT2D eigenvalue weighted by Gasteiger charge is -2.14. The Morgan fingerprint density at radius 2 is 2.36 bits per heavy atom. The summed E-state index contributed by atoms with van der Waals surface area (Å²) in [6, 6.07) is 0.870. The van der Waals surface area contributed by atoms with Crippen LogP contribution in [0.25, 0.3) is 0 Å². The van der Waals surface area contributed by atoms with Crippen LogP contribution in [0, 0.1) is 5.92 Å². The molecule has 1 fully saturated rings. The Balaban J connectivity index is 2.07. The number of amides is 1. The highest BCUT2D eigenvalue weighted by molar-refractivity contribution is 5.93. The normalized spacial score (nSPS) is 22.8. The number of aromatic amines is 1. The van der Waals surface area contributed by atoms with Crippen LogP contribution in [0.5, 0.6) is 0 Å². The van der Waals surface area contributed by atoms with Crippen molar-refractivity contribution < 1.29 is 23.9 Å². The quantitative estimate of drug-likeness (QED) is 0.487. The van der Waals surface area contributed by atoms with Crippen molar-refractivity contribution in [2.75, 3.05) is 18.5 Å². The maximum Gasteiger partial charge on any atom is 0.499 e. The zero-order chi connectivity index (χ0) is 16.3. The summed E-state index contributed by atoms with van der Waals surface area (Å²) in [4.78, 5) is 26.4. The minimum atomic E-state index is -0.736. The van der Waals surface area contributed by atoms with Crippen LogP contribution in [0.4, 0.5) is 5.82 Å². The summed E-state index contributed by atoms with van der Waals surface area (Å²) in [5, 5.41) is 11.5. The van der Waals surface area contributed by atoms with Crippen LogP contribution >= 0.6 is 0 Å². The molecule has 0 aromatic carbocycles. The van der Waals surface area contributed by atoms with Crippen molar-refractivity contribution in [3.8, 4) is 0 Å². The number of rotatable bonds is 5. The summed E-state index contributed by atoms with van der Waals surface area (Å²) in [5.41, 5.74) is 5.27. The molecule has 1 aliphatic heterocycles. The van der Waals surface area contributed by atoms with Gasteiger partial charge < -0.3 is 20.3 Å². The Morgan fingerprint density at radius 1 is 1.64 bits per heavy atom. The van der Waals surface area contributed by atoms with Crippen LogP contribution in [-0.2, 0) is 14.3 Å². The number of aromatic nitrogens is 2. The molecule has 0 spiro atoms. The molecule has 0 unspecified atom stereocenters. The second-order valence-corrected chi connectivity index (χ2v) is 5.36. The highest BCUT2D eigenvalue weighted by Gasteiger charge is 2.31. The maximum atomic E-state index is 12.0. The molecular weight excluding hydrogens is 292 g/mol. The Morgan fingerprint density at radius 3 is 2.91 bits per heavy atom. The molecule has 1 aromatic heterocycles. The molecule has 0 aliphatic carbocycles. The fourth-order valence-corrected chi connectivity index (χ4v) is 1.95. The lowest BCUT2D eigenvalue weighted by Crippen LogP contribution is -2.55. The van der Waals surface area contributed by atoms with Gasteiger partial charge in [0.1, 0.15) is 12.8 Å². The smallest absolute Gasteiger partial charge is 0.391 e. The van der Waals surface area contributed by atoms with Crippen molar-refractivity contribution in [2.45, 2.75) is 32.4 Å². The molecule has 9 nitrogen and oxygen atoms in total. The summed E-state index contributed by atoms with van der Waals surface area (Å²) in [5.74, 6) is -0.135. The van der Waals surface area contributed by atoms with E-state index in [4.69, 9.17) is 20.3 Å². The van der Waals surface area contributed by atoms with Crippen molar-refractivity contribution >= 4 is 11.7 Å². The Kier molecular flexibility index (Phi) is 5.24. The molecule has 1 amide bonds. The second kappa shape index (κ2) is 6.97. The van der Waals surface area contributed by atoms with Crippen LogP contribution < -0.4 is 21.3 Å². The van der Waals surface area contributed by atoms with Crippen molar-refractivity contribution in [2.24, 2.45) is 11.7 Å². The molecule has 5 N–H and O–H groups in total. The average molecular weight is 313 g/mol. The molecule has 9 heteroatoms. The third-order valence-electron chi connectivity index (χ3n) is 3.35. The van der Waals surface area contributed by atoms with Gasteiger partial charge in [-0.25, -0.2) is 0 Å². The molecule has 2 rings (SSSR count). The Hall–Kier alpha value is -1.81. The maximum absolute atomic E-state index is 12.0. The van der Waals surface area contributed by atoms with Gasteiger partial charge in [-0.15, -0.1) is 0 Å². The van der Waals surface area contributed by atoms with Crippen LogP contribution in [0.2, 0.25) is 0 Å². The fraction of sp³-hybridized carbons (Fsp3) is 0.615. The number of aliphatic hydroxyl groups is 1. The van der Waals surface area contributed by atoms with Gasteiger partial charge in [0, 0.05) is 6.07 Å². The monoisotopic (exact) mass is 313 g/mol. The van der Waals surface area contributed by atoms with E-state index in [9.17, 15) is 9.59 Å². The number of hydrogen-bond donors (Lipinski definition) is 4. The second-order valence-electron chi connectivity index (χ2n) is 5.36. The number of anilines is 1. The van der Waals surface area contributed by atoms with E-state index in [1.165, 1.54) is 16.8 Å². The number of nitrogens with zero attached hydrogens (tertiary/aromatic N) is 1. The molecule has 0 saturated carbocycles. The molecule has 122 valence electrons. The first-order chi connectivity index (χ1) is 10.4. The first-order valence-corrected chi connectivity index (χ1v) is 7.01. The van der Waals surface area contributed by atoms with Gasteiger partial charge in [0.05, 0.1) is 12.6 Å².